The van der Waals surface area contributed by atoms with Crippen LogP contribution in [-0.2, 0) is 4.79 Å². The van der Waals surface area contributed by atoms with Gasteiger partial charge >= 0.3 is 0 Å². The molecule has 1 heterocycles. The van der Waals surface area contributed by atoms with Crippen LogP contribution in [0.1, 0.15) is 26.2 Å². The van der Waals surface area contributed by atoms with Gasteiger partial charge in [-0.1, -0.05) is 6.92 Å². The van der Waals surface area contributed by atoms with Crippen LogP contribution in [0.5, 0.6) is 0 Å². The minimum atomic E-state index is 0.0652. The molecular formula is C11H21ClN2O. The lowest BCUT2D eigenvalue weighted by atomic mass is 9.99. The Labute approximate surface area is 97.2 Å². The Hall–Kier alpha value is -0.280. The van der Waals surface area contributed by atoms with E-state index in [1.165, 1.54) is 25.9 Å². The van der Waals surface area contributed by atoms with Crippen LogP contribution in [0.4, 0.5) is 0 Å². The summed E-state index contributed by atoms with van der Waals surface area (Å²) in [5.74, 6) is 1.34. The number of carbonyl (C=O) groups is 1. The first kappa shape index (κ1) is 12.8. The minimum Gasteiger partial charge on any atom is -0.355 e. The van der Waals surface area contributed by atoms with E-state index in [-0.39, 0.29) is 5.91 Å². The first-order valence-electron chi connectivity index (χ1n) is 5.77. The first-order valence-corrected chi connectivity index (χ1v) is 6.31. The maximum Gasteiger partial charge on any atom is 0.221 e. The molecule has 0 radical (unpaired) electrons. The Morgan fingerprint density at radius 2 is 2.13 bits per heavy atom. The molecule has 4 heteroatoms. The van der Waals surface area contributed by atoms with Crippen molar-refractivity contribution in [1.82, 2.24) is 10.2 Å². The zero-order valence-corrected chi connectivity index (χ0v) is 10.2. The van der Waals surface area contributed by atoms with E-state index in [4.69, 9.17) is 11.6 Å². The molecule has 0 spiro atoms. The number of likely N-dealkylation sites (tertiary alicyclic amines) is 1. The smallest absolute Gasteiger partial charge is 0.221 e. The van der Waals surface area contributed by atoms with Gasteiger partial charge in [0.05, 0.1) is 0 Å². The molecule has 0 aromatic rings. The highest BCUT2D eigenvalue weighted by molar-refractivity contribution is 6.18. The molecule has 0 unspecified atom stereocenters. The summed E-state index contributed by atoms with van der Waals surface area (Å²) in [4.78, 5) is 13.5. The van der Waals surface area contributed by atoms with Crippen molar-refractivity contribution in [2.75, 3.05) is 32.1 Å². The van der Waals surface area contributed by atoms with E-state index >= 15 is 0 Å². The van der Waals surface area contributed by atoms with Gasteiger partial charge in [0, 0.05) is 25.4 Å². The Kier molecular flexibility index (Phi) is 6.03. The molecule has 0 aliphatic carbocycles. The summed E-state index contributed by atoms with van der Waals surface area (Å²) >= 11 is 5.47. The minimum absolute atomic E-state index is 0.0652. The van der Waals surface area contributed by atoms with Crippen molar-refractivity contribution in [3.8, 4) is 0 Å². The Morgan fingerprint density at radius 3 is 2.73 bits per heavy atom. The van der Waals surface area contributed by atoms with Crippen LogP contribution < -0.4 is 5.32 Å². The maximum atomic E-state index is 11.1. The summed E-state index contributed by atoms with van der Waals surface area (Å²) in [5.41, 5.74) is 0. The van der Waals surface area contributed by atoms with Crippen LogP contribution in [0.15, 0.2) is 0 Å². The van der Waals surface area contributed by atoms with E-state index < -0.39 is 0 Å². The highest BCUT2D eigenvalue weighted by Gasteiger charge is 2.14. The van der Waals surface area contributed by atoms with E-state index in [0.717, 1.165) is 19.0 Å². The number of amides is 1. The molecule has 1 saturated heterocycles. The quantitative estimate of drug-likeness (QED) is 0.728. The predicted molar refractivity (Wildman–Crippen MR) is 63.2 cm³/mol. The normalized spacial score (nSPS) is 19.1. The van der Waals surface area contributed by atoms with Gasteiger partial charge in [-0.3, -0.25) is 4.79 Å². The second-order valence-electron chi connectivity index (χ2n) is 4.31. The van der Waals surface area contributed by atoms with E-state index in [0.29, 0.717) is 12.3 Å². The molecule has 1 aliphatic heterocycles. The van der Waals surface area contributed by atoms with Crippen molar-refractivity contribution in [1.29, 1.82) is 0 Å². The van der Waals surface area contributed by atoms with Crippen LogP contribution in [0.2, 0.25) is 0 Å². The summed E-state index contributed by atoms with van der Waals surface area (Å²) in [6.07, 6.45) is 3.00. The topological polar surface area (TPSA) is 32.3 Å². The SMILES string of the molecule is CC1CCN(CCNC(=O)CCCl)CC1. The standard InChI is InChI=1S/C11H21ClN2O/c1-10-3-7-14(8-4-10)9-6-13-11(15)2-5-12/h10H,2-9H2,1H3,(H,13,15). The Bertz CT molecular complexity index is 191. The molecule has 1 N–H and O–H groups in total. The van der Waals surface area contributed by atoms with E-state index in [1.54, 1.807) is 0 Å². The van der Waals surface area contributed by atoms with E-state index in [2.05, 4.69) is 17.1 Å². The number of hydrogen-bond acceptors (Lipinski definition) is 2. The highest BCUT2D eigenvalue weighted by atomic mass is 35.5. The Balaban J connectivity index is 2.02. The molecular weight excluding hydrogens is 212 g/mol. The van der Waals surface area contributed by atoms with Crippen LogP contribution in [0.25, 0.3) is 0 Å². The van der Waals surface area contributed by atoms with Crippen LogP contribution in [-0.4, -0.2) is 42.9 Å². The highest BCUT2D eigenvalue weighted by Crippen LogP contribution is 2.14. The van der Waals surface area contributed by atoms with E-state index in [1.807, 2.05) is 0 Å². The number of piperidine rings is 1. The predicted octanol–water partition coefficient (Wildman–Crippen LogP) is 1.46. The number of hydrogen-bond donors (Lipinski definition) is 1. The third-order valence-corrected chi connectivity index (χ3v) is 3.14. The zero-order valence-electron chi connectivity index (χ0n) is 9.47. The Morgan fingerprint density at radius 1 is 1.47 bits per heavy atom. The molecule has 0 aromatic heterocycles. The molecule has 1 aliphatic rings. The fourth-order valence-corrected chi connectivity index (χ4v) is 1.98. The van der Waals surface area contributed by atoms with Gasteiger partial charge in [-0.05, 0) is 31.8 Å². The average Bonchev–Trinajstić information content (AvgIpc) is 2.21. The largest absolute Gasteiger partial charge is 0.355 e. The van der Waals surface area contributed by atoms with Crippen LogP contribution in [0.3, 0.4) is 0 Å². The lowest BCUT2D eigenvalue weighted by Crippen LogP contribution is -2.39. The van der Waals surface area contributed by atoms with Gasteiger partial charge in [0.15, 0.2) is 0 Å². The fraction of sp³-hybridized carbons (Fsp3) is 0.909. The molecule has 0 aromatic carbocycles. The zero-order chi connectivity index (χ0) is 11.1. The lowest BCUT2D eigenvalue weighted by molar-refractivity contribution is -0.120. The van der Waals surface area contributed by atoms with Gasteiger partial charge in [0.25, 0.3) is 0 Å². The van der Waals surface area contributed by atoms with Gasteiger partial charge < -0.3 is 10.2 Å². The summed E-state index contributed by atoms with van der Waals surface area (Å²) in [5, 5.41) is 2.88. The maximum absolute atomic E-state index is 11.1. The van der Waals surface area contributed by atoms with Crippen molar-refractivity contribution in [3.63, 3.8) is 0 Å². The lowest BCUT2D eigenvalue weighted by Gasteiger charge is -2.30. The number of alkyl halides is 1. The molecule has 1 amide bonds. The van der Waals surface area contributed by atoms with Gasteiger partial charge in [-0.15, -0.1) is 11.6 Å². The summed E-state index contributed by atoms with van der Waals surface area (Å²) in [6.45, 7) is 6.38. The van der Waals surface area contributed by atoms with Gasteiger partial charge in [-0.25, -0.2) is 0 Å². The fourth-order valence-electron chi connectivity index (χ4n) is 1.81. The molecule has 88 valence electrons. The second kappa shape index (κ2) is 7.07. The number of rotatable bonds is 5. The van der Waals surface area contributed by atoms with Gasteiger partial charge in [0.2, 0.25) is 5.91 Å². The number of nitrogens with one attached hydrogen (secondary N) is 1. The average molecular weight is 233 g/mol. The molecule has 0 atom stereocenters. The first-order chi connectivity index (χ1) is 7.22. The van der Waals surface area contributed by atoms with Gasteiger partial charge in [-0.2, -0.15) is 0 Å². The molecule has 1 rings (SSSR count). The summed E-state index contributed by atoms with van der Waals surface area (Å²) in [7, 11) is 0. The molecule has 0 saturated carbocycles. The van der Waals surface area contributed by atoms with Crippen LogP contribution >= 0.6 is 11.6 Å². The number of carbonyl (C=O) groups excluding carboxylic acids is 1. The second-order valence-corrected chi connectivity index (χ2v) is 4.69. The summed E-state index contributed by atoms with van der Waals surface area (Å²) < 4.78 is 0. The van der Waals surface area contributed by atoms with Crippen molar-refractivity contribution in [2.24, 2.45) is 5.92 Å². The van der Waals surface area contributed by atoms with E-state index in [9.17, 15) is 4.79 Å². The van der Waals surface area contributed by atoms with Crippen molar-refractivity contribution >= 4 is 17.5 Å². The molecule has 15 heavy (non-hydrogen) atoms. The third-order valence-electron chi connectivity index (χ3n) is 2.95. The van der Waals surface area contributed by atoms with Gasteiger partial charge in [0.1, 0.15) is 0 Å². The monoisotopic (exact) mass is 232 g/mol. The number of halogens is 1. The van der Waals surface area contributed by atoms with Crippen molar-refractivity contribution < 1.29 is 4.79 Å². The van der Waals surface area contributed by atoms with Crippen LogP contribution in [0, 0.1) is 5.92 Å². The summed E-state index contributed by atoms with van der Waals surface area (Å²) in [6, 6.07) is 0. The van der Waals surface area contributed by atoms with Crippen molar-refractivity contribution in [2.45, 2.75) is 26.2 Å². The number of nitrogens with zero attached hydrogens (tertiary/aromatic N) is 1. The third kappa shape index (κ3) is 5.38. The molecule has 0 bridgehead atoms. The van der Waals surface area contributed by atoms with Crippen molar-refractivity contribution in [3.05, 3.63) is 0 Å². The molecule has 3 nitrogen and oxygen atoms in total. The molecule has 1 fully saturated rings.